The van der Waals surface area contributed by atoms with Crippen molar-refractivity contribution in [1.82, 2.24) is 4.90 Å². The fraction of sp³-hybridized carbons (Fsp3) is 0.182. The van der Waals surface area contributed by atoms with Crippen molar-refractivity contribution in [3.63, 3.8) is 0 Å². The maximum atomic E-state index is 11.6. The second-order valence-electron chi connectivity index (χ2n) is 3.27. The standard InChI is InChI=1S/C11H11Cl2NO/c1-14(2)6-5-11(15)9-4-3-8(12)7-10(9)13/h3-7H,1-2H3. The summed E-state index contributed by atoms with van der Waals surface area (Å²) >= 11 is 11.6. The fourth-order valence-corrected chi connectivity index (χ4v) is 1.50. The van der Waals surface area contributed by atoms with Gasteiger partial charge >= 0.3 is 0 Å². The summed E-state index contributed by atoms with van der Waals surface area (Å²) in [6.45, 7) is 0. The van der Waals surface area contributed by atoms with Crippen LogP contribution in [0.5, 0.6) is 0 Å². The summed E-state index contributed by atoms with van der Waals surface area (Å²) in [5.74, 6) is -0.134. The first-order chi connectivity index (χ1) is 7.00. The molecule has 15 heavy (non-hydrogen) atoms. The van der Waals surface area contributed by atoms with E-state index in [-0.39, 0.29) is 5.78 Å². The first-order valence-corrected chi connectivity index (χ1v) is 5.10. The highest BCUT2D eigenvalue weighted by Crippen LogP contribution is 2.21. The lowest BCUT2D eigenvalue weighted by Gasteiger charge is -2.04. The van der Waals surface area contributed by atoms with Gasteiger partial charge in [0.15, 0.2) is 5.78 Å². The highest BCUT2D eigenvalue weighted by molar-refractivity contribution is 6.37. The van der Waals surface area contributed by atoms with E-state index in [0.29, 0.717) is 15.6 Å². The van der Waals surface area contributed by atoms with E-state index < -0.39 is 0 Å². The lowest BCUT2D eigenvalue weighted by atomic mass is 10.1. The smallest absolute Gasteiger partial charge is 0.188 e. The zero-order valence-electron chi connectivity index (χ0n) is 8.50. The molecule has 0 saturated carbocycles. The molecule has 1 rings (SSSR count). The Labute approximate surface area is 99.1 Å². The van der Waals surface area contributed by atoms with Crippen LogP contribution in [0.3, 0.4) is 0 Å². The van der Waals surface area contributed by atoms with Crippen LogP contribution < -0.4 is 0 Å². The molecule has 1 aromatic rings. The van der Waals surface area contributed by atoms with Crippen LogP contribution in [0.2, 0.25) is 10.0 Å². The van der Waals surface area contributed by atoms with Crippen LogP contribution in [0.15, 0.2) is 30.5 Å². The number of ketones is 1. The van der Waals surface area contributed by atoms with Gasteiger partial charge in [-0.3, -0.25) is 4.79 Å². The quantitative estimate of drug-likeness (QED) is 0.600. The van der Waals surface area contributed by atoms with E-state index in [1.165, 1.54) is 6.08 Å². The van der Waals surface area contributed by atoms with Crippen molar-refractivity contribution in [2.45, 2.75) is 0 Å². The molecule has 0 heterocycles. The van der Waals surface area contributed by atoms with Crippen LogP contribution in [0, 0.1) is 0 Å². The van der Waals surface area contributed by atoms with Crippen molar-refractivity contribution in [3.8, 4) is 0 Å². The van der Waals surface area contributed by atoms with Crippen LogP contribution in [0.25, 0.3) is 0 Å². The summed E-state index contributed by atoms with van der Waals surface area (Å²) in [6, 6.07) is 4.82. The van der Waals surface area contributed by atoms with E-state index in [9.17, 15) is 4.79 Å². The van der Waals surface area contributed by atoms with Crippen molar-refractivity contribution >= 4 is 29.0 Å². The summed E-state index contributed by atoms with van der Waals surface area (Å²) in [7, 11) is 3.68. The molecule has 0 N–H and O–H groups in total. The lowest BCUT2D eigenvalue weighted by Crippen LogP contribution is -2.03. The third kappa shape index (κ3) is 3.57. The lowest BCUT2D eigenvalue weighted by molar-refractivity contribution is 0.104. The summed E-state index contributed by atoms with van der Waals surface area (Å²) < 4.78 is 0. The number of hydrogen-bond acceptors (Lipinski definition) is 2. The molecule has 0 saturated heterocycles. The minimum Gasteiger partial charge on any atom is -0.383 e. The van der Waals surface area contributed by atoms with E-state index in [2.05, 4.69) is 0 Å². The predicted octanol–water partition coefficient (Wildman–Crippen LogP) is 3.25. The Kier molecular flexibility index (Phi) is 4.18. The fourth-order valence-electron chi connectivity index (χ4n) is 0.996. The van der Waals surface area contributed by atoms with Crippen molar-refractivity contribution < 1.29 is 4.79 Å². The van der Waals surface area contributed by atoms with Crippen molar-refractivity contribution in [2.75, 3.05) is 14.1 Å². The SMILES string of the molecule is CN(C)C=CC(=O)c1ccc(Cl)cc1Cl. The van der Waals surface area contributed by atoms with Crippen LogP contribution in [-0.2, 0) is 0 Å². The normalized spacial score (nSPS) is 10.7. The maximum absolute atomic E-state index is 11.6. The van der Waals surface area contributed by atoms with Crippen molar-refractivity contribution in [3.05, 3.63) is 46.1 Å². The summed E-state index contributed by atoms with van der Waals surface area (Å²) in [5, 5.41) is 0.893. The van der Waals surface area contributed by atoms with Gasteiger partial charge in [-0.15, -0.1) is 0 Å². The predicted molar refractivity (Wildman–Crippen MR) is 63.6 cm³/mol. The van der Waals surface area contributed by atoms with Gasteiger partial charge in [0.2, 0.25) is 0 Å². The summed E-state index contributed by atoms with van der Waals surface area (Å²) in [4.78, 5) is 13.4. The van der Waals surface area contributed by atoms with E-state index in [0.717, 1.165) is 0 Å². The molecule has 0 amide bonds. The Morgan fingerprint density at radius 2 is 2.00 bits per heavy atom. The van der Waals surface area contributed by atoms with Crippen molar-refractivity contribution in [1.29, 1.82) is 0 Å². The van der Waals surface area contributed by atoms with E-state index >= 15 is 0 Å². The van der Waals surface area contributed by atoms with Crippen molar-refractivity contribution in [2.24, 2.45) is 0 Å². The molecule has 0 aliphatic heterocycles. The first-order valence-electron chi connectivity index (χ1n) is 4.34. The van der Waals surface area contributed by atoms with Crippen LogP contribution in [-0.4, -0.2) is 24.8 Å². The molecule has 1 aromatic carbocycles. The molecule has 80 valence electrons. The maximum Gasteiger partial charge on any atom is 0.188 e. The van der Waals surface area contributed by atoms with Gasteiger partial charge < -0.3 is 4.90 Å². The largest absolute Gasteiger partial charge is 0.383 e. The average molecular weight is 244 g/mol. The number of halogens is 2. The Morgan fingerprint density at radius 1 is 1.33 bits per heavy atom. The summed E-state index contributed by atoms with van der Waals surface area (Å²) in [5.41, 5.74) is 0.458. The summed E-state index contributed by atoms with van der Waals surface area (Å²) in [6.07, 6.45) is 3.14. The topological polar surface area (TPSA) is 20.3 Å². The Morgan fingerprint density at radius 3 is 2.53 bits per heavy atom. The number of rotatable bonds is 3. The number of benzene rings is 1. The number of carbonyl (C=O) groups excluding carboxylic acids is 1. The molecule has 0 unspecified atom stereocenters. The van der Waals surface area contributed by atoms with E-state index in [4.69, 9.17) is 23.2 Å². The third-order valence-electron chi connectivity index (χ3n) is 1.72. The van der Waals surface area contributed by atoms with Gasteiger partial charge in [-0.25, -0.2) is 0 Å². The molecule has 0 fully saturated rings. The highest BCUT2D eigenvalue weighted by Gasteiger charge is 2.07. The molecule has 4 heteroatoms. The minimum absolute atomic E-state index is 0.134. The van der Waals surface area contributed by atoms with Gasteiger partial charge in [-0.1, -0.05) is 23.2 Å². The molecular weight excluding hydrogens is 233 g/mol. The molecule has 0 bridgehead atoms. The average Bonchev–Trinajstić information content (AvgIpc) is 2.14. The van der Waals surface area contributed by atoms with Gasteiger partial charge in [0, 0.05) is 37.0 Å². The van der Waals surface area contributed by atoms with E-state index in [1.54, 1.807) is 29.3 Å². The zero-order chi connectivity index (χ0) is 11.4. The minimum atomic E-state index is -0.134. The van der Waals surface area contributed by atoms with Gasteiger partial charge in [0.25, 0.3) is 0 Å². The molecular formula is C11H11Cl2NO. The molecule has 0 spiro atoms. The second kappa shape index (κ2) is 5.19. The van der Waals surface area contributed by atoms with Crippen LogP contribution in [0.1, 0.15) is 10.4 Å². The van der Waals surface area contributed by atoms with Gasteiger partial charge in [0.1, 0.15) is 0 Å². The molecule has 0 aliphatic rings. The van der Waals surface area contributed by atoms with Gasteiger partial charge in [-0.05, 0) is 18.2 Å². The first kappa shape index (κ1) is 12.1. The zero-order valence-corrected chi connectivity index (χ0v) is 10.0. The van der Waals surface area contributed by atoms with Gasteiger partial charge in [0.05, 0.1) is 5.02 Å². The third-order valence-corrected chi connectivity index (χ3v) is 2.27. The number of hydrogen-bond donors (Lipinski definition) is 0. The number of allylic oxidation sites excluding steroid dienone is 1. The second-order valence-corrected chi connectivity index (χ2v) is 4.11. The molecule has 0 aromatic heterocycles. The Hall–Kier alpha value is -0.990. The number of carbonyl (C=O) groups is 1. The molecule has 0 atom stereocenters. The Balaban J connectivity index is 2.92. The monoisotopic (exact) mass is 243 g/mol. The van der Waals surface area contributed by atoms with Crippen LogP contribution in [0.4, 0.5) is 0 Å². The van der Waals surface area contributed by atoms with Crippen LogP contribution >= 0.6 is 23.2 Å². The highest BCUT2D eigenvalue weighted by atomic mass is 35.5. The molecule has 2 nitrogen and oxygen atoms in total. The van der Waals surface area contributed by atoms with E-state index in [1.807, 2.05) is 14.1 Å². The Bertz CT molecular complexity index is 400. The molecule has 0 radical (unpaired) electrons. The van der Waals surface area contributed by atoms with Gasteiger partial charge in [-0.2, -0.15) is 0 Å². The molecule has 0 aliphatic carbocycles. The number of nitrogens with zero attached hydrogens (tertiary/aromatic N) is 1.